The molecule has 5 rings (SSSR count). The number of methoxy groups -OCH3 is 1. The Morgan fingerprint density at radius 1 is 1.14 bits per heavy atom. The lowest BCUT2D eigenvalue weighted by Crippen LogP contribution is -2.45. The highest BCUT2D eigenvalue weighted by atomic mass is 19.1. The van der Waals surface area contributed by atoms with Crippen LogP contribution >= 0.6 is 0 Å². The van der Waals surface area contributed by atoms with Crippen LogP contribution in [0.15, 0.2) is 60.9 Å². The van der Waals surface area contributed by atoms with Crippen LogP contribution in [0, 0.1) is 5.82 Å². The Hall–Kier alpha value is -4.11. The topological polar surface area (TPSA) is 106 Å². The summed E-state index contributed by atoms with van der Waals surface area (Å²) in [6.07, 6.45) is 3.31. The summed E-state index contributed by atoms with van der Waals surface area (Å²) in [5, 5.41) is 3.17. The molecule has 35 heavy (non-hydrogen) atoms. The van der Waals surface area contributed by atoms with E-state index in [0.717, 1.165) is 24.9 Å². The first-order chi connectivity index (χ1) is 17.0. The van der Waals surface area contributed by atoms with Crippen LogP contribution in [0.25, 0.3) is 22.3 Å². The number of nitrogens with zero attached hydrogens (tertiary/aromatic N) is 4. The molecule has 3 N–H and O–H groups in total. The number of nitrogens with one attached hydrogen (secondary N) is 1. The van der Waals surface area contributed by atoms with Gasteiger partial charge in [-0.15, -0.1) is 0 Å². The molecule has 2 aromatic heterocycles. The van der Waals surface area contributed by atoms with Crippen LogP contribution in [0.1, 0.15) is 23.2 Å². The maximum atomic E-state index is 13.6. The molecule has 0 unspecified atom stereocenters. The van der Waals surface area contributed by atoms with Crippen molar-refractivity contribution < 1.29 is 13.9 Å². The van der Waals surface area contributed by atoms with E-state index in [1.54, 1.807) is 6.07 Å². The number of pyridine rings is 1. The van der Waals surface area contributed by atoms with Gasteiger partial charge in [-0.3, -0.25) is 4.79 Å². The van der Waals surface area contributed by atoms with Crippen LogP contribution in [0.5, 0.6) is 5.75 Å². The normalized spacial score (nSPS) is 15.7. The van der Waals surface area contributed by atoms with Gasteiger partial charge in [0.2, 0.25) is 0 Å². The van der Waals surface area contributed by atoms with Gasteiger partial charge in [-0.25, -0.2) is 19.3 Å². The SMILES string of the molecule is COc1cc(F)ccc1Nc1ncnc2ccc(-c3ccc(C(=O)N4CCC[C@@H](N)C4)cc3)nc12. The van der Waals surface area contributed by atoms with Gasteiger partial charge in [0.05, 0.1) is 24.0 Å². The fraction of sp³-hybridized carbons (Fsp3) is 0.231. The molecule has 4 aromatic rings. The van der Waals surface area contributed by atoms with E-state index in [2.05, 4.69) is 15.3 Å². The molecule has 0 bridgehead atoms. The molecule has 8 nitrogen and oxygen atoms in total. The summed E-state index contributed by atoms with van der Waals surface area (Å²) in [7, 11) is 1.47. The van der Waals surface area contributed by atoms with Gasteiger partial charge in [-0.1, -0.05) is 12.1 Å². The molecule has 0 saturated carbocycles. The number of ether oxygens (including phenoxy) is 1. The second-order valence-electron chi connectivity index (χ2n) is 8.49. The summed E-state index contributed by atoms with van der Waals surface area (Å²) in [5.41, 5.74) is 9.98. The van der Waals surface area contributed by atoms with Gasteiger partial charge in [0.15, 0.2) is 5.82 Å². The van der Waals surface area contributed by atoms with Gasteiger partial charge in [0.25, 0.3) is 5.91 Å². The Labute approximate surface area is 202 Å². The monoisotopic (exact) mass is 472 g/mol. The van der Waals surface area contributed by atoms with Gasteiger partial charge in [0.1, 0.15) is 23.4 Å². The first-order valence-corrected chi connectivity index (χ1v) is 11.4. The van der Waals surface area contributed by atoms with Crippen LogP contribution < -0.4 is 15.8 Å². The number of carbonyl (C=O) groups excluding carboxylic acids is 1. The Morgan fingerprint density at radius 3 is 2.74 bits per heavy atom. The molecule has 1 aliphatic heterocycles. The average molecular weight is 473 g/mol. The fourth-order valence-corrected chi connectivity index (χ4v) is 4.25. The maximum absolute atomic E-state index is 13.6. The number of hydrogen-bond donors (Lipinski definition) is 2. The minimum atomic E-state index is -0.398. The predicted octanol–water partition coefficient (Wildman–Crippen LogP) is 4.15. The molecule has 3 heterocycles. The lowest BCUT2D eigenvalue weighted by molar-refractivity contribution is 0.0709. The minimum absolute atomic E-state index is 0.00805. The number of benzene rings is 2. The molecule has 0 radical (unpaired) electrons. The van der Waals surface area contributed by atoms with Crippen molar-refractivity contribution in [1.29, 1.82) is 0 Å². The summed E-state index contributed by atoms with van der Waals surface area (Å²) in [5.74, 6) is 0.412. The van der Waals surface area contributed by atoms with Crippen molar-refractivity contribution in [2.45, 2.75) is 18.9 Å². The number of anilines is 2. The van der Waals surface area contributed by atoms with Crippen LogP contribution in [0.4, 0.5) is 15.9 Å². The number of aromatic nitrogens is 3. The average Bonchev–Trinajstić information content (AvgIpc) is 2.89. The lowest BCUT2D eigenvalue weighted by atomic mass is 10.0. The van der Waals surface area contributed by atoms with Crippen molar-refractivity contribution >= 4 is 28.4 Å². The van der Waals surface area contributed by atoms with E-state index in [1.807, 2.05) is 41.3 Å². The third-order valence-corrected chi connectivity index (χ3v) is 6.07. The highest BCUT2D eigenvalue weighted by Crippen LogP contribution is 2.31. The van der Waals surface area contributed by atoms with E-state index in [1.165, 1.54) is 25.6 Å². The van der Waals surface area contributed by atoms with E-state index in [0.29, 0.717) is 46.1 Å². The van der Waals surface area contributed by atoms with Crippen molar-refractivity contribution in [3.05, 3.63) is 72.3 Å². The molecule has 1 saturated heterocycles. The number of likely N-dealkylation sites (tertiary alicyclic amines) is 1. The number of piperidine rings is 1. The summed E-state index contributed by atoms with van der Waals surface area (Å²) in [6.45, 7) is 1.32. The van der Waals surface area contributed by atoms with Crippen molar-refractivity contribution in [3.63, 3.8) is 0 Å². The summed E-state index contributed by atoms with van der Waals surface area (Å²) in [4.78, 5) is 28.1. The van der Waals surface area contributed by atoms with Gasteiger partial charge in [-0.05, 0) is 49.2 Å². The third kappa shape index (κ3) is 4.76. The van der Waals surface area contributed by atoms with Gasteiger partial charge >= 0.3 is 0 Å². The first-order valence-electron chi connectivity index (χ1n) is 11.4. The zero-order chi connectivity index (χ0) is 24.4. The van der Waals surface area contributed by atoms with E-state index in [9.17, 15) is 9.18 Å². The zero-order valence-electron chi connectivity index (χ0n) is 19.2. The van der Waals surface area contributed by atoms with Gasteiger partial charge in [-0.2, -0.15) is 0 Å². The smallest absolute Gasteiger partial charge is 0.253 e. The van der Waals surface area contributed by atoms with E-state index < -0.39 is 5.82 Å². The Kier molecular flexibility index (Phi) is 6.24. The number of fused-ring (bicyclic) bond motifs is 1. The summed E-state index contributed by atoms with van der Waals surface area (Å²) >= 11 is 0. The highest BCUT2D eigenvalue weighted by molar-refractivity contribution is 5.95. The number of nitrogens with two attached hydrogens (primary N) is 1. The van der Waals surface area contributed by atoms with Crippen molar-refractivity contribution in [2.75, 3.05) is 25.5 Å². The molecule has 1 fully saturated rings. The molecule has 0 aliphatic carbocycles. The number of amides is 1. The van der Waals surface area contributed by atoms with Crippen molar-refractivity contribution in [2.24, 2.45) is 5.73 Å². The molecule has 2 aromatic carbocycles. The standard InChI is InChI=1S/C26H25FN6O2/c1-35-23-13-18(27)8-9-21(23)32-25-24-22(29-15-30-25)11-10-20(31-24)16-4-6-17(7-5-16)26(34)33-12-2-3-19(28)14-33/h4-11,13,15,19H,2-3,12,14,28H2,1H3,(H,29,30,32)/t19-/m1/s1. The zero-order valence-corrected chi connectivity index (χ0v) is 19.2. The molecule has 1 atom stereocenters. The quantitative estimate of drug-likeness (QED) is 0.449. The van der Waals surface area contributed by atoms with Gasteiger partial charge in [0, 0.05) is 36.3 Å². The summed E-state index contributed by atoms with van der Waals surface area (Å²) < 4.78 is 18.9. The van der Waals surface area contributed by atoms with Crippen molar-refractivity contribution in [3.8, 4) is 17.0 Å². The second-order valence-corrected chi connectivity index (χ2v) is 8.49. The van der Waals surface area contributed by atoms with E-state index in [-0.39, 0.29) is 11.9 Å². The lowest BCUT2D eigenvalue weighted by Gasteiger charge is -2.30. The van der Waals surface area contributed by atoms with Crippen LogP contribution in [-0.2, 0) is 0 Å². The summed E-state index contributed by atoms with van der Waals surface area (Å²) in [6, 6.07) is 15.4. The van der Waals surface area contributed by atoms with Crippen LogP contribution in [0.2, 0.25) is 0 Å². The third-order valence-electron chi connectivity index (χ3n) is 6.07. The molecule has 178 valence electrons. The molecular formula is C26H25FN6O2. The molecule has 9 heteroatoms. The second kappa shape index (κ2) is 9.63. The van der Waals surface area contributed by atoms with Crippen LogP contribution in [0.3, 0.4) is 0 Å². The first kappa shape index (κ1) is 22.7. The maximum Gasteiger partial charge on any atom is 0.253 e. The minimum Gasteiger partial charge on any atom is -0.494 e. The van der Waals surface area contributed by atoms with Crippen molar-refractivity contribution in [1.82, 2.24) is 19.9 Å². The molecule has 1 amide bonds. The Bertz CT molecular complexity index is 1380. The highest BCUT2D eigenvalue weighted by Gasteiger charge is 2.22. The number of halogens is 1. The molecule has 1 aliphatic rings. The molecular weight excluding hydrogens is 447 g/mol. The van der Waals surface area contributed by atoms with Gasteiger partial charge < -0.3 is 20.7 Å². The predicted molar refractivity (Wildman–Crippen MR) is 132 cm³/mol. The molecule has 0 spiro atoms. The number of hydrogen-bond acceptors (Lipinski definition) is 7. The Morgan fingerprint density at radius 2 is 1.97 bits per heavy atom. The van der Waals surface area contributed by atoms with Crippen LogP contribution in [-0.4, -0.2) is 52.0 Å². The van der Waals surface area contributed by atoms with E-state index in [4.69, 9.17) is 15.5 Å². The fourth-order valence-electron chi connectivity index (χ4n) is 4.25. The number of carbonyl (C=O) groups is 1. The van der Waals surface area contributed by atoms with E-state index >= 15 is 0 Å². The Balaban J connectivity index is 1.43. The largest absolute Gasteiger partial charge is 0.494 e. The number of rotatable bonds is 5.